The van der Waals surface area contributed by atoms with Crippen LogP contribution in [0.15, 0.2) is 153 Å². The summed E-state index contributed by atoms with van der Waals surface area (Å²) in [6.07, 6.45) is 3.74. The predicted molar refractivity (Wildman–Crippen MR) is 199 cm³/mol. The van der Waals surface area contributed by atoms with Crippen LogP contribution in [0.2, 0.25) is 0 Å². The van der Waals surface area contributed by atoms with Crippen LogP contribution in [0.25, 0.3) is 85.5 Å². The standard InChI is InChI=1S/C42H29N7/c1-3-34-35(4-2)49-41-37(33-25-14-15-26-36(33)47(41)31-22-12-7-13-23-31)43-42(49)48(34)32-24-16-21-30(27-32)40-45-38(28-17-8-5-9-18-28)44-39(46-40)29-19-10-6-11-20-29/h3-27H,1-2H2. The van der Waals surface area contributed by atoms with E-state index in [2.05, 4.69) is 87.4 Å². The van der Waals surface area contributed by atoms with E-state index < -0.39 is 0 Å². The van der Waals surface area contributed by atoms with Crippen LogP contribution in [-0.2, 0) is 0 Å². The van der Waals surface area contributed by atoms with Crippen LogP contribution in [0.3, 0.4) is 0 Å². The predicted octanol–water partition coefficient (Wildman–Crippen LogP) is 9.69. The zero-order valence-electron chi connectivity index (χ0n) is 26.5. The Hall–Kier alpha value is -6.86. The molecule has 0 N–H and O–H groups in total. The number of para-hydroxylation sites is 2. The Morgan fingerprint density at radius 1 is 0.469 bits per heavy atom. The van der Waals surface area contributed by atoms with E-state index in [0.717, 1.165) is 67.3 Å². The lowest BCUT2D eigenvalue weighted by Gasteiger charge is -2.11. The molecule has 4 heterocycles. The molecule has 0 bridgehead atoms. The SMILES string of the molecule is C=Cc1c(C=C)n2c(nc3c4ccccc4n(-c4ccccc4)c32)n1-c1cccc(-c2nc(-c3ccccc3)nc(-c3ccccc3)n2)c1. The van der Waals surface area contributed by atoms with E-state index in [1.165, 1.54) is 0 Å². The van der Waals surface area contributed by atoms with Crippen molar-refractivity contribution in [2.75, 3.05) is 0 Å². The summed E-state index contributed by atoms with van der Waals surface area (Å²) in [6, 6.07) is 47.0. The molecule has 232 valence electrons. The average Bonchev–Trinajstić information content (AvgIpc) is 3.81. The summed E-state index contributed by atoms with van der Waals surface area (Å²) in [6.45, 7) is 8.46. The van der Waals surface area contributed by atoms with Crippen molar-refractivity contribution in [2.45, 2.75) is 0 Å². The second-order valence-electron chi connectivity index (χ2n) is 11.7. The fraction of sp³-hybridized carbons (Fsp3) is 0. The molecule has 7 nitrogen and oxygen atoms in total. The van der Waals surface area contributed by atoms with Crippen LogP contribution in [0, 0.1) is 0 Å². The lowest BCUT2D eigenvalue weighted by Crippen LogP contribution is -2.02. The Labute approximate surface area is 282 Å². The highest BCUT2D eigenvalue weighted by Crippen LogP contribution is 2.36. The van der Waals surface area contributed by atoms with Gasteiger partial charge in [-0.1, -0.05) is 122 Å². The molecule has 0 fully saturated rings. The third kappa shape index (κ3) is 4.52. The zero-order valence-corrected chi connectivity index (χ0v) is 26.5. The van der Waals surface area contributed by atoms with Crippen molar-refractivity contribution in [1.82, 2.24) is 33.5 Å². The van der Waals surface area contributed by atoms with Gasteiger partial charge < -0.3 is 0 Å². The molecule has 0 spiro atoms. The van der Waals surface area contributed by atoms with E-state index >= 15 is 0 Å². The number of imidazole rings is 2. The van der Waals surface area contributed by atoms with Crippen molar-refractivity contribution in [1.29, 1.82) is 0 Å². The molecule has 0 radical (unpaired) electrons. The quantitative estimate of drug-likeness (QED) is 0.176. The molecule has 49 heavy (non-hydrogen) atoms. The molecule has 4 aromatic heterocycles. The number of rotatable bonds is 7. The molecule has 9 aromatic rings. The first-order valence-electron chi connectivity index (χ1n) is 16.1. The Bertz CT molecular complexity index is 2620. The molecule has 5 aromatic carbocycles. The number of fused-ring (bicyclic) bond motifs is 5. The van der Waals surface area contributed by atoms with Crippen molar-refractivity contribution in [3.63, 3.8) is 0 Å². The van der Waals surface area contributed by atoms with E-state index in [0.29, 0.717) is 17.5 Å². The molecule has 0 aliphatic heterocycles. The van der Waals surface area contributed by atoms with Crippen molar-refractivity contribution in [3.8, 4) is 45.5 Å². The van der Waals surface area contributed by atoms with Gasteiger partial charge in [0.15, 0.2) is 23.1 Å². The van der Waals surface area contributed by atoms with Crippen LogP contribution in [0.1, 0.15) is 11.4 Å². The molecule has 0 aliphatic rings. The van der Waals surface area contributed by atoms with Crippen LogP contribution >= 0.6 is 0 Å². The van der Waals surface area contributed by atoms with Gasteiger partial charge in [-0.15, -0.1) is 0 Å². The minimum Gasteiger partial charge on any atom is -0.294 e. The zero-order chi connectivity index (χ0) is 32.9. The Kier molecular flexibility index (Phi) is 6.62. The Balaban J connectivity index is 1.29. The van der Waals surface area contributed by atoms with Gasteiger partial charge in [-0.05, 0) is 42.5 Å². The van der Waals surface area contributed by atoms with E-state index in [-0.39, 0.29) is 0 Å². The molecule has 0 amide bonds. The fourth-order valence-corrected chi connectivity index (χ4v) is 6.69. The van der Waals surface area contributed by atoms with E-state index in [4.69, 9.17) is 19.9 Å². The Morgan fingerprint density at radius 3 is 1.63 bits per heavy atom. The molecule has 7 heteroatoms. The molecule has 9 rings (SSSR count). The summed E-state index contributed by atoms with van der Waals surface area (Å²) in [4.78, 5) is 20.1. The first-order valence-corrected chi connectivity index (χ1v) is 16.1. The van der Waals surface area contributed by atoms with Gasteiger partial charge in [0.2, 0.25) is 5.78 Å². The number of nitrogens with zero attached hydrogens (tertiary/aromatic N) is 7. The average molecular weight is 632 g/mol. The Morgan fingerprint density at radius 2 is 1.00 bits per heavy atom. The van der Waals surface area contributed by atoms with Gasteiger partial charge in [0.05, 0.1) is 16.9 Å². The molecule has 0 atom stereocenters. The summed E-state index contributed by atoms with van der Waals surface area (Å²) in [5.74, 6) is 2.57. The summed E-state index contributed by atoms with van der Waals surface area (Å²) in [7, 11) is 0. The molecule has 0 aliphatic carbocycles. The summed E-state index contributed by atoms with van der Waals surface area (Å²) >= 11 is 0. The molecule has 0 saturated heterocycles. The van der Waals surface area contributed by atoms with E-state index in [9.17, 15) is 0 Å². The number of benzene rings is 5. The number of hydrogen-bond donors (Lipinski definition) is 0. The second kappa shape index (κ2) is 11.4. The van der Waals surface area contributed by atoms with Gasteiger partial charge >= 0.3 is 0 Å². The van der Waals surface area contributed by atoms with Gasteiger partial charge in [0, 0.05) is 33.5 Å². The number of hydrogen-bond acceptors (Lipinski definition) is 4. The van der Waals surface area contributed by atoms with E-state index in [1.54, 1.807) is 0 Å². The maximum absolute atomic E-state index is 5.32. The summed E-state index contributed by atoms with van der Waals surface area (Å²) < 4.78 is 6.59. The highest BCUT2D eigenvalue weighted by molar-refractivity contribution is 6.07. The largest absolute Gasteiger partial charge is 0.294 e. The highest BCUT2D eigenvalue weighted by atomic mass is 15.3. The second-order valence-corrected chi connectivity index (χ2v) is 11.7. The van der Waals surface area contributed by atoms with Gasteiger partial charge in [0.1, 0.15) is 5.52 Å². The van der Waals surface area contributed by atoms with Crippen LogP contribution in [0.4, 0.5) is 0 Å². The molecular formula is C42H29N7. The van der Waals surface area contributed by atoms with Crippen molar-refractivity contribution >= 4 is 40.0 Å². The third-order valence-corrected chi connectivity index (χ3v) is 8.85. The van der Waals surface area contributed by atoms with Gasteiger partial charge in [-0.25, -0.2) is 19.9 Å². The molecule has 0 saturated carbocycles. The van der Waals surface area contributed by atoms with Gasteiger partial charge in [-0.3, -0.25) is 13.5 Å². The van der Waals surface area contributed by atoms with Crippen molar-refractivity contribution in [2.24, 2.45) is 0 Å². The van der Waals surface area contributed by atoms with Crippen molar-refractivity contribution in [3.05, 3.63) is 164 Å². The normalized spacial score (nSPS) is 11.4. The maximum atomic E-state index is 5.32. The molecular weight excluding hydrogens is 603 g/mol. The first-order chi connectivity index (χ1) is 24.2. The number of aromatic nitrogens is 7. The van der Waals surface area contributed by atoms with Crippen molar-refractivity contribution < 1.29 is 0 Å². The lowest BCUT2D eigenvalue weighted by molar-refractivity contribution is 1.05. The fourth-order valence-electron chi connectivity index (χ4n) is 6.69. The van der Waals surface area contributed by atoms with Gasteiger partial charge in [0.25, 0.3) is 0 Å². The minimum atomic E-state index is 0.580. The highest BCUT2D eigenvalue weighted by Gasteiger charge is 2.25. The molecule has 0 unspecified atom stereocenters. The van der Waals surface area contributed by atoms with E-state index in [1.807, 2.05) is 91.0 Å². The maximum Gasteiger partial charge on any atom is 0.221 e. The van der Waals surface area contributed by atoms with Crippen LogP contribution in [0.5, 0.6) is 0 Å². The summed E-state index contributed by atoms with van der Waals surface area (Å²) in [5, 5.41) is 1.08. The topological polar surface area (TPSA) is 65.8 Å². The summed E-state index contributed by atoms with van der Waals surface area (Å²) in [5.41, 5.74) is 9.40. The van der Waals surface area contributed by atoms with Gasteiger partial charge in [-0.2, -0.15) is 0 Å². The lowest BCUT2D eigenvalue weighted by atomic mass is 10.1. The van der Waals surface area contributed by atoms with Crippen LogP contribution < -0.4 is 0 Å². The minimum absolute atomic E-state index is 0.580. The monoisotopic (exact) mass is 631 g/mol. The first kappa shape index (κ1) is 28.4. The third-order valence-electron chi connectivity index (χ3n) is 8.85. The smallest absolute Gasteiger partial charge is 0.221 e. The van der Waals surface area contributed by atoms with Crippen LogP contribution in [-0.4, -0.2) is 33.5 Å².